The Morgan fingerprint density at radius 3 is 2.36 bits per heavy atom. The second-order valence-electron chi connectivity index (χ2n) is 5.79. The van der Waals surface area contributed by atoms with E-state index in [1.54, 1.807) is 37.3 Å². The van der Waals surface area contributed by atoms with E-state index in [0.717, 1.165) is 11.3 Å². The molecule has 144 valence electrons. The SMILES string of the molecule is CCOC(=O)c1ccc(NC(=O)c2cc(-c3ccc(OCC)cc3)on2)cc1. The van der Waals surface area contributed by atoms with Gasteiger partial charge in [-0.3, -0.25) is 4.79 Å². The number of rotatable bonds is 7. The van der Waals surface area contributed by atoms with Gasteiger partial charge in [-0.25, -0.2) is 4.79 Å². The summed E-state index contributed by atoms with van der Waals surface area (Å²) in [6.07, 6.45) is 0. The van der Waals surface area contributed by atoms with Crippen LogP contribution in [0, 0.1) is 0 Å². The summed E-state index contributed by atoms with van der Waals surface area (Å²) in [5.41, 5.74) is 1.88. The summed E-state index contributed by atoms with van der Waals surface area (Å²) in [7, 11) is 0. The monoisotopic (exact) mass is 380 g/mol. The molecule has 0 aliphatic heterocycles. The van der Waals surface area contributed by atoms with E-state index in [-0.39, 0.29) is 5.69 Å². The van der Waals surface area contributed by atoms with Crippen LogP contribution in [-0.2, 0) is 4.74 Å². The number of benzene rings is 2. The predicted molar refractivity (Wildman–Crippen MR) is 103 cm³/mol. The molecule has 0 unspecified atom stereocenters. The maximum absolute atomic E-state index is 12.4. The van der Waals surface area contributed by atoms with E-state index in [4.69, 9.17) is 14.0 Å². The molecule has 7 heteroatoms. The lowest BCUT2D eigenvalue weighted by molar-refractivity contribution is 0.0526. The zero-order valence-electron chi connectivity index (χ0n) is 15.6. The molecule has 7 nitrogen and oxygen atoms in total. The van der Waals surface area contributed by atoms with Crippen molar-refractivity contribution in [2.75, 3.05) is 18.5 Å². The Morgan fingerprint density at radius 1 is 1.00 bits per heavy atom. The normalized spacial score (nSPS) is 10.4. The van der Waals surface area contributed by atoms with Crippen LogP contribution >= 0.6 is 0 Å². The number of aromatic nitrogens is 1. The molecule has 1 amide bonds. The van der Waals surface area contributed by atoms with Gasteiger partial charge in [0.1, 0.15) is 5.75 Å². The highest BCUT2D eigenvalue weighted by molar-refractivity contribution is 6.03. The average Bonchev–Trinajstić information content (AvgIpc) is 3.20. The standard InChI is InChI=1S/C21H20N2O5/c1-3-26-17-11-7-14(8-12-17)19-13-18(23-28-19)20(24)22-16-9-5-15(6-10-16)21(25)27-4-2/h5-13H,3-4H2,1-2H3,(H,22,24). The highest BCUT2D eigenvalue weighted by atomic mass is 16.5. The fourth-order valence-corrected chi connectivity index (χ4v) is 2.50. The van der Waals surface area contributed by atoms with Crippen molar-refractivity contribution in [3.8, 4) is 17.1 Å². The van der Waals surface area contributed by atoms with Gasteiger partial charge in [-0.2, -0.15) is 0 Å². The Bertz CT molecular complexity index is 946. The molecule has 1 N–H and O–H groups in total. The summed E-state index contributed by atoms with van der Waals surface area (Å²) in [4.78, 5) is 24.0. The molecule has 0 atom stereocenters. The molecule has 0 saturated heterocycles. The fourth-order valence-electron chi connectivity index (χ4n) is 2.50. The Morgan fingerprint density at radius 2 is 1.71 bits per heavy atom. The van der Waals surface area contributed by atoms with Crippen molar-refractivity contribution in [3.63, 3.8) is 0 Å². The van der Waals surface area contributed by atoms with E-state index in [1.165, 1.54) is 0 Å². The summed E-state index contributed by atoms with van der Waals surface area (Å²) in [6.45, 7) is 4.55. The van der Waals surface area contributed by atoms with Crippen LogP contribution in [0.15, 0.2) is 59.1 Å². The molecule has 0 saturated carbocycles. The van der Waals surface area contributed by atoms with Crippen LogP contribution in [0.1, 0.15) is 34.7 Å². The number of nitrogens with one attached hydrogen (secondary N) is 1. The molecule has 0 spiro atoms. The van der Waals surface area contributed by atoms with Crippen molar-refractivity contribution >= 4 is 17.6 Å². The zero-order chi connectivity index (χ0) is 19.9. The number of anilines is 1. The van der Waals surface area contributed by atoms with Gasteiger partial charge in [-0.1, -0.05) is 5.16 Å². The van der Waals surface area contributed by atoms with Gasteiger partial charge in [0.2, 0.25) is 0 Å². The van der Waals surface area contributed by atoms with Gasteiger partial charge >= 0.3 is 5.97 Å². The molecule has 0 aliphatic carbocycles. The van der Waals surface area contributed by atoms with Gasteiger partial charge in [0.15, 0.2) is 11.5 Å². The molecule has 0 aliphatic rings. The molecular formula is C21H20N2O5. The van der Waals surface area contributed by atoms with Crippen molar-refractivity contribution in [1.82, 2.24) is 5.16 Å². The lowest BCUT2D eigenvalue weighted by atomic mass is 10.1. The minimum absolute atomic E-state index is 0.151. The van der Waals surface area contributed by atoms with Gasteiger partial charge in [0, 0.05) is 17.3 Å². The van der Waals surface area contributed by atoms with E-state index in [9.17, 15) is 9.59 Å². The minimum atomic E-state index is -0.412. The minimum Gasteiger partial charge on any atom is -0.494 e. The smallest absolute Gasteiger partial charge is 0.338 e. The number of nitrogens with zero attached hydrogens (tertiary/aromatic N) is 1. The Labute approximate surface area is 162 Å². The summed E-state index contributed by atoms with van der Waals surface area (Å²) < 4.78 is 15.6. The highest BCUT2D eigenvalue weighted by Crippen LogP contribution is 2.23. The van der Waals surface area contributed by atoms with Crippen molar-refractivity contribution in [2.45, 2.75) is 13.8 Å². The van der Waals surface area contributed by atoms with Gasteiger partial charge in [-0.15, -0.1) is 0 Å². The fraction of sp³-hybridized carbons (Fsp3) is 0.190. The van der Waals surface area contributed by atoms with Crippen molar-refractivity contribution < 1.29 is 23.6 Å². The average molecular weight is 380 g/mol. The second-order valence-corrected chi connectivity index (χ2v) is 5.79. The van der Waals surface area contributed by atoms with Crippen molar-refractivity contribution in [2.24, 2.45) is 0 Å². The van der Waals surface area contributed by atoms with E-state index < -0.39 is 11.9 Å². The number of esters is 1. The molecule has 0 radical (unpaired) electrons. The number of hydrogen-bond acceptors (Lipinski definition) is 6. The van der Waals surface area contributed by atoms with Gasteiger partial charge in [0.05, 0.1) is 18.8 Å². The predicted octanol–water partition coefficient (Wildman–Crippen LogP) is 4.17. The van der Waals surface area contributed by atoms with Crippen molar-refractivity contribution in [3.05, 3.63) is 65.9 Å². The van der Waals surface area contributed by atoms with E-state index in [0.29, 0.717) is 30.2 Å². The molecule has 1 aromatic heterocycles. The summed E-state index contributed by atoms with van der Waals surface area (Å²) in [6, 6.07) is 15.3. The maximum atomic E-state index is 12.4. The van der Waals surface area contributed by atoms with Crippen LogP contribution in [-0.4, -0.2) is 30.2 Å². The molecular weight excluding hydrogens is 360 g/mol. The molecule has 0 bridgehead atoms. The number of carbonyl (C=O) groups is 2. The van der Waals surface area contributed by atoms with Crippen LogP contribution < -0.4 is 10.1 Å². The molecule has 3 rings (SSSR count). The van der Waals surface area contributed by atoms with Crippen LogP contribution in [0.25, 0.3) is 11.3 Å². The topological polar surface area (TPSA) is 90.7 Å². The van der Waals surface area contributed by atoms with Crippen LogP contribution in [0.2, 0.25) is 0 Å². The molecule has 3 aromatic rings. The third kappa shape index (κ3) is 4.56. The van der Waals surface area contributed by atoms with Crippen LogP contribution in [0.5, 0.6) is 5.75 Å². The molecule has 0 fully saturated rings. The first-order valence-electron chi connectivity index (χ1n) is 8.89. The number of amides is 1. The van der Waals surface area contributed by atoms with Gasteiger partial charge in [0.25, 0.3) is 5.91 Å². The lowest BCUT2D eigenvalue weighted by Crippen LogP contribution is -2.12. The zero-order valence-corrected chi connectivity index (χ0v) is 15.6. The second kappa shape index (κ2) is 8.85. The van der Waals surface area contributed by atoms with Crippen molar-refractivity contribution in [1.29, 1.82) is 0 Å². The molecule has 28 heavy (non-hydrogen) atoms. The Kier molecular flexibility index (Phi) is 6.06. The summed E-state index contributed by atoms with van der Waals surface area (Å²) in [5, 5.41) is 6.54. The quantitative estimate of drug-likeness (QED) is 0.619. The summed E-state index contributed by atoms with van der Waals surface area (Å²) in [5.74, 6) is 0.419. The van der Waals surface area contributed by atoms with E-state index in [1.807, 2.05) is 31.2 Å². The van der Waals surface area contributed by atoms with Gasteiger partial charge in [-0.05, 0) is 62.4 Å². The van der Waals surface area contributed by atoms with E-state index >= 15 is 0 Å². The number of ether oxygens (including phenoxy) is 2. The molecule has 2 aromatic carbocycles. The Balaban J connectivity index is 1.66. The van der Waals surface area contributed by atoms with E-state index in [2.05, 4.69) is 10.5 Å². The highest BCUT2D eigenvalue weighted by Gasteiger charge is 2.14. The number of hydrogen-bond donors (Lipinski definition) is 1. The summed E-state index contributed by atoms with van der Waals surface area (Å²) >= 11 is 0. The number of carbonyl (C=O) groups excluding carboxylic acids is 2. The first kappa shape index (κ1) is 19.2. The largest absolute Gasteiger partial charge is 0.494 e. The van der Waals surface area contributed by atoms with Crippen LogP contribution in [0.4, 0.5) is 5.69 Å². The van der Waals surface area contributed by atoms with Crippen LogP contribution in [0.3, 0.4) is 0 Å². The lowest BCUT2D eigenvalue weighted by Gasteiger charge is -2.05. The first-order chi connectivity index (χ1) is 13.6. The first-order valence-corrected chi connectivity index (χ1v) is 8.89. The third-order valence-corrected chi connectivity index (χ3v) is 3.85. The molecule has 1 heterocycles. The third-order valence-electron chi connectivity index (χ3n) is 3.85. The Hall–Kier alpha value is -3.61. The van der Waals surface area contributed by atoms with Gasteiger partial charge < -0.3 is 19.3 Å². The maximum Gasteiger partial charge on any atom is 0.338 e.